The number of thiophene rings is 1. The number of nitrogens with one attached hydrogen (secondary N) is 1. The van der Waals surface area contributed by atoms with Crippen LogP contribution in [0.4, 0.5) is 10.7 Å². The van der Waals surface area contributed by atoms with Crippen molar-refractivity contribution < 1.29 is 18.9 Å². The Labute approximate surface area is 208 Å². The number of benzene rings is 1. The van der Waals surface area contributed by atoms with E-state index in [9.17, 15) is 25.0 Å². The van der Waals surface area contributed by atoms with Crippen molar-refractivity contribution in [2.24, 2.45) is 11.7 Å². The minimum atomic E-state index is -0.701. The summed E-state index contributed by atoms with van der Waals surface area (Å²) < 4.78 is 5.69. The fourth-order valence-electron chi connectivity index (χ4n) is 3.95. The quantitative estimate of drug-likeness (QED) is 0.197. The lowest BCUT2D eigenvalue weighted by Crippen LogP contribution is -2.19. The molecule has 0 radical (unpaired) electrons. The SMILES string of the molecule is CC1CCc2c(sc(NC(=O)/C(C#N)=C/c3ccc(-c4ccc([N+](=O)[O-])cc4Cl)o3)c2C(N)=O)C1. The smallest absolute Gasteiger partial charge is 0.270 e. The molecule has 0 spiro atoms. The molecule has 11 heteroatoms. The molecular weight excluding hydrogens is 492 g/mol. The van der Waals surface area contributed by atoms with Crippen molar-refractivity contribution in [1.29, 1.82) is 5.26 Å². The zero-order valence-corrected chi connectivity index (χ0v) is 20.0. The maximum atomic E-state index is 12.9. The van der Waals surface area contributed by atoms with Crippen LogP contribution in [0.2, 0.25) is 5.02 Å². The standard InChI is InChI=1S/C24H19ClN4O5S/c1-12-2-5-17-20(8-12)35-24(21(17)22(27)30)28-23(31)13(11-26)9-15-4-7-19(34-15)16-6-3-14(29(32)33)10-18(16)25/h3-4,6-7,9-10,12H,2,5,8H2,1H3,(H2,27,30)(H,28,31)/b13-9+. The maximum Gasteiger partial charge on any atom is 0.270 e. The predicted octanol–water partition coefficient (Wildman–Crippen LogP) is 5.34. The molecular formula is C24H19ClN4O5S. The molecule has 178 valence electrons. The average molecular weight is 511 g/mol. The van der Waals surface area contributed by atoms with Crippen LogP contribution >= 0.6 is 22.9 Å². The first-order valence-electron chi connectivity index (χ1n) is 10.6. The van der Waals surface area contributed by atoms with Crippen molar-refractivity contribution in [2.75, 3.05) is 5.32 Å². The molecule has 2 amide bonds. The Balaban J connectivity index is 1.59. The van der Waals surface area contributed by atoms with Gasteiger partial charge in [0.25, 0.3) is 17.5 Å². The van der Waals surface area contributed by atoms with E-state index in [2.05, 4.69) is 12.2 Å². The zero-order chi connectivity index (χ0) is 25.3. The van der Waals surface area contributed by atoms with Crippen LogP contribution in [0.15, 0.2) is 40.3 Å². The Morgan fingerprint density at radius 1 is 1.37 bits per heavy atom. The van der Waals surface area contributed by atoms with Gasteiger partial charge in [-0.05, 0) is 48.9 Å². The first-order chi connectivity index (χ1) is 16.7. The highest BCUT2D eigenvalue weighted by atomic mass is 35.5. The number of nitriles is 1. The molecule has 3 aromatic rings. The number of furan rings is 1. The van der Waals surface area contributed by atoms with Gasteiger partial charge >= 0.3 is 0 Å². The fraction of sp³-hybridized carbons (Fsp3) is 0.208. The second-order valence-corrected chi connectivity index (χ2v) is 9.68. The van der Waals surface area contributed by atoms with Gasteiger partial charge in [-0.25, -0.2) is 0 Å². The lowest BCUT2D eigenvalue weighted by molar-refractivity contribution is -0.384. The van der Waals surface area contributed by atoms with E-state index in [1.165, 1.54) is 41.7 Å². The molecule has 1 aromatic carbocycles. The molecule has 0 aliphatic heterocycles. The van der Waals surface area contributed by atoms with Crippen molar-refractivity contribution in [2.45, 2.75) is 26.2 Å². The molecule has 1 unspecified atom stereocenters. The summed E-state index contributed by atoms with van der Waals surface area (Å²) in [4.78, 5) is 36.3. The van der Waals surface area contributed by atoms with Crippen LogP contribution in [-0.2, 0) is 17.6 Å². The predicted molar refractivity (Wildman–Crippen MR) is 132 cm³/mol. The van der Waals surface area contributed by atoms with Crippen LogP contribution in [0.1, 0.15) is 39.9 Å². The van der Waals surface area contributed by atoms with E-state index in [4.69, 9.17) is 21.8 Å². The van der Waals surface area contributed by atoms with Gasteiger partial charge in [0.2, 0.25) is 0 Å². The van der Waals surface area contributed by atoms with Gasteiger partial charge in [0.15, 0.2) is 0 Å². The summed E-state index contributed by atoms with van der Waals surface area (Å²) >= 11 is 7.46. The molecule has 4 rings (SSSR count). The summed E-state index contributed by atoms with van der Waals surface area (Å²) in [5.74, 6) is -0.337. The molecule has 1 atom stereocenters. The van der Waals surface area contributed by atoms with Gasteiger partial charge in [-0.3, -0.25) is 19.7 Å². The summed E-state index contributed by atoms with van der Waals surface area (Å²) in [6.07, 6.45) is 3.71. The number of anilines is 1. The Bertz CT molecular complexity index is 1430. The second kappa shape index (κ2) is 9.74. The third-order valence-corrected chi connectivity index (χ3v) is 7.18. The van der Waals surface area contributed by atoms with Crippen LogP contribution in [0.3, 0.4) is 0 Å². The number of non-ortho nitro benzene ring substituents is 1. The summed E-state index contributed by atoms with van der Waals surface area (Å²) in [6.45, 7) is 2.13. The van der Waals surface area contributed by atoms with Gasteiger partial charge in [-0.1, -0.05) is 18.5 Å². The Kier molecular flexibility index (Phi) is 6.73. The second-order valence-electron chi connectivity index (χ2n) is 8.17. The number of primary amides is 1. The first kappa shape index (κ1) is 24.2. The van der Waals surface area contributed by atoms with E-state index in [1.807, 2.05) is 6.07 Å². The van der Waals surface area contributed by atoms with Crippen LogP contribution in [0.5, 0.6) is 0 Å². The first-order valence-corrected chi connectivity index (χ1v) is 11.8. The third-order valence-electron chi connectivity index (χ3n) is 5.69. The van der Waals surface area contributed by atoms with Gasteiger partial charge < -0.3 is 15.5 Å². The van der Waals surface area contributed by atoms with E-state index in [0.717, 1.165) is 23.3 Å². The number of amides is 2. The number of hydrogen-bond acceptors (Lipinski definition) is 7. The molecule has 0 saturated heterocycles. The number of rotatable bonds is 6. The highest BCUT2D eigenvalue weighted by molar-refractivity contribution is 7.17. The monoisotopic (exact) mass is 510 g/mol. The Hall–Kier alpha value is -3.94. The van der Waals surface area contributed by atoms with E-state index in [0.29, 0.717) is 34.2 Å². The van der Waals surface area contributed by atoms with E-state index in [1.54, 1.807) is 6.07 Å². The topological polar surface area (TPSA) is 152 Å². The van der Waals surface area contributed by atoms with Crippen molar-refractivity contribution in [3.8, 4) is 17.4 Å². The number of carbonyl (C=O) groups excluding carboxylic acids is 2. The van der Waals surface area contributed by atoms with Crippen molar-refractivity contribution in [1.82, 2.24) is 0 Å². The summed E-state index contributed by atoms with van der Waals surface area (Å²) in [6, 6.07) is 8.92. The van der Waals surface area contributed by atoms with Gasteiger partial charge in [0, 0.05) is 28.6 Å². The number of carbonyl (C=O) groups is 2. The fourth-order valence-corrected chi connectivity index (χ4v) is 5.63. The lowest BCUT2D eigenvalue weighted by atomic mass is 9.88. The van der Waals surface area contributed by atoms with Gasteiger partial charge in [0.05, 0.1) is 15.5 Å². The Morgan fingerprint density at radius 2 is 2.14 bits per heavy atom. The molecule has 0 fully saturated rings. The largest absolute Gasteiger partial charge is 0.457 e. The van der Waals surface area contributed by atoms with Crippen molar-refractivity contribution in [3.05, 3.63) is 72.8 Å². The number of halogens is 1. The normalized spacial score (nSPS) is 15.2. The zero-order valence-electron chi connectivity index (χ0n) is 18.5. The van der Waals surface area contributed by atoms with Crippen molar-refractivity contribution >= 4 is 51.5 Å². The van der Waals surface area contributed by atoms with Gasteiger partial charge in [-0.15, -0.1) is 11.3 Å². The molecule has 1 aliphatic rings. The van der Waals surface area contributed by atoms with E-state index < -0.39 is 16.7 Å². The number of nitrogens with zero attached hydrogens (tertiary/aromatic N) is 2. The van der Waals surface area contributed by atoms with Gasteiger partial charge in [0.1, 0.15) is 28.2 Å². The molecule has 2 aromatic heterocycles. The average Bonchev–Trinajstić information content (AvgIpc) is 3.40. The molecule has 0 bridgehead atoms. The lowest BCUT2D eigenvalue weighted by Gasteiger charge is -2.18. The van der Waals surface area contributed by atoms with Crippen LogP contribution in [0, 0.1) is 27.4 Å². The van der Waals surface area contributed by atoms with E-state index >= 15 is 0 Å². The summed E-state index contributed by atoms with van der Waals surface area (Å²) in [5, 5.41) is 23.6. The summed E-state index contributed by atoms with van der Waals surface area (Å²) in [7, 11) is 0. The van der Waals surface area contributed by atoms with Crippen molar-refractivity contribution in [3.63, 3.8) is 0 Å². The van der Waals surface area contributed by atoms with Crippen LogP contribution in [0.25, 0.3) is 17.4 Å². The van der Waals surface area contributed by atoms with Crippen LogP contribution < -0.4 is 11.1 Å². The number of nitrogens with two attached hydrogens (primary N) is 1. The highest BCUT2D eigenvalue weighted by Gasteiger charge is 2.27. The molecule has 3 N–H and O–H groups in total. The third kappa shape index (κ3) is 4.96. The Morgan fingerprint density at radius 3 is 2.80 bits per heavy atom. The number of fused-ring (bicyclic) bond motifs is 1. The molecule has 35 heavy (non-hydrogen) atoms. The highest BCUT2D eigenvalue weighted by Crippen LogP contribution is 2.39. The number of nitro groups is 1. The minimum Gasteiger partial charge on any atom is -0.457 e. The molecule has 1 aliphatic carbocycles. The van der Waals surface area contributed by atoms with Gasteiger partial charge in [-0.2, -0.15) is 5.26 Å². The summed E-state index contributed by atoms with van der Waals surface area (Å²) in [5.41, 5.74) is 6.79. The maximum absolute atomic E-state index is 12.9. The molecule has 9 nitrogen and oxygen atoms in total. The molecule has 2 heterocycles. The van der Waals surface area contributed by atoms with Crippen LogP contribution in [-0.4, -0.2) is 16.7 Å². The number of hydrogen-bond donors (Lipinski definition) is 2. The molecule has 0 saturated carbocycles. The van der Waals surface area contributed by atoms with E-state index in [-0.39, 0.29) is 22.0 Å². The number of nitro benzene ring substituents is 1. The minimum absolute atomic E-state index is 0.122.